The van der Waals surface area contributed by atoms with Gasteiger partial charge in [0.05, 0.1) is 11.1 Å². The number of aromatic nitrogens is 2. The van der Waals surface area contributed by atoms with Gasteiger partial charge in [-0.25, -0.2) is 9.97 Å². The van der Waals surface area contributed by atoms with E-state index in [0.29, 0.717) is 21.7 Å². The maximum atomic E-state index is 9.14. The van der Waals surface area contributed by atoms with Crippen molar-refractivity contribution in [3.63, 3.8) is 0 Å². The van der Waals surface area contributed by atoms with E-state index < -0.39 is 0 Å². The molecule has 4 nitrogen and oxygen atoms in total. The monoisotopic (exact) mass is 280 g/mol. The van der Waals surface area contributed by atoms with Crippen molar-refractivity contribution >= 4 is 15.9 Å². The van der Waals surface area contributed by atoms with Crippen LogP contribution in [0.1, 0.15) is 5.56 Å². The molecule has 2 rings (SSSR count). The molecule has 1 heterocycles. The summed E-state index contributed by atoms with van der Waals surface area (Å²) in [5, 5.41) is 9.14. The number of ether oxygens (including phenoxy) is 1. The molecule has 0 aliphatic heterocycles. The average Bonchev–Trinajstić information content (AvgIpc) is 2.33. The van der Waals surface area contributed by atoms with Crippen LogP contribution in [-0.2, 0) is 6.61 Å². The third-order valence-electron chi connectivity index (χ3n) is 1.98. The van der Waals surface area contributed by atoms with Crippen LogP contribution in [0.15, 0.2) is 41.3 Å². The summed E-state index contributed by atoms with van der Waals surface area (Å²) in [4.78, 5) is 7.83. The SMILES string of the molecule is OCc1ccccc1Oc1ncncc1Br. The zero-order valence-electron chi connectivity index (χ0n) is 8.30. The summed E-state index contributed by atoms with van der Waals surface area (Å²) in [5.41, 5.74) is 0.716. The Morgan fingerprint density at radius 1 is 1.31 bits per heavy atom. The fourth-order valence-electron chi connectivity index (χ4n) is 1.21. The summed E-state index contributed by atoms with van der Waals surface area (Å²) in [5.74, 6) is 1.01. The summed E-state index contributed by atoms with van der Waals surface area (Å²) >= 11 is 3.29. The highest BCUT2D eigenvalue weighted by Crippen LogP contribution is 2.28. The minimum Gasteiger partial charge on any atom is -0.437 e. The van der Waals surface area contributed by atoms with Crippen molar-refractivity contribution in [3.8, 4) is 11.6 Å². The van der Waals surface area contributed by atoms with Gasteiger partial charge in [0.15, 0.2) is 0 Å². The smallest absolute Gasteiger partial charge is 0.236 e. The van der Waals surface area contributed by atoms with Crippen LogP contribution in [-0.4, -0.2) is 15.1 Å². The number of rotatable bonds is 3. The van der Waals surface area contributed by atoms with E-state index in [4.69, 9.17) is 9.84 Å². The average molecular weight is 281 g/mol. The number of para-hydroxylation sites is 1. The van der Waals surface area contributed by atoms with Gasteiger partial charge in [0.1, 0.15) is 12.1 Å². The zero-order chi connectivity index (χ0) is 11.4. The summed E-state index contributed by atoms with van der Waals surface area (Å²) in [6.45, 7) is -0.0706. The van der Waals surface area contributed by atoms with E-state index in [2.05, 4.69) is 25.9 Å². The first-order valence-corrected chi connectivity index (χ1v) is 5.42. The van der Waals surface area contributed by atoms with E-state index in [9.17, 15) is 0 Å². The number of aliphatic hydroxyl groups excluding tert-OH is 1. The van der Waals surface area contributed by atoms with Crippen molar-refractivity contribution in [2.45, 2.75) is 6.61 Å². The van der Waals surface area contributed by atoms with Crippen molar-refractivity contribution < 1.29 is 9.84 Å². The van der Waals surface area contributed by atoms with Crippen LogP contribution < -0.4 is 4.74 Å². The Bertz CT molecular complexity index is 491. The predicted octanol–water partition coefficient (Wildman–Crippen LogP) is 2.52. The summed E-state index contributed by atoms with van der Waals surface area (Å²) in [6.07, 6.45) is 3.01. The van der Waals surface area contributed by atoms with Gasteiger partial charge < -0.3 is 9.84 Å². The lowest BCUT2D eigenvalue weighted by Gasteiger charge is -2.08. The standard InChI is InChI=1S/C11H9BrN2O2/c12-9-5-13-7-14-11(9)16-10-4-2-1-3-8(10)6-15/h1-5,7,15H,6H2. The van der Waals surface area contributed by atoms with Gasteiger partial charge in [0.25, 0.3) is 0 Å². The molecule has 0 radical (unpaired) electrons. The largest absolute Gasteiger partial charge is 0.437 e. The molecule has 0 saturated carbocycles. The number of benzene rings is 1. The Labute approximate surface area is 101 Å². The van der Waals surface area contributed by atoms with E-state index in [-0.39, 0.29) is 6.61 Å². The van der Waals surface area contributed by atoms with Crippen LogP contribution >= 0.6 is 15.9 Å². The molecule has 1 aromatic carbocycles. The van der Waals surface area contributed by atoms with Gasteiger partial charge in [-0.15, -0.1) is 0 Å². The first kappa shape index (κ1) is 11.0. The van der Waals surface area contributed by atoms with Crippen molar-refractivity contribution in [3.05, 3.63) is 46.8 Å². The number of hydrogen-bond acceptors (Lipinski definition) is 4. The third-order valence-corrected chi connectivity index (χ3v) is 2.53. The second kappa shape index (κ2) is 5.05. The van der Waals surface area contributed by atoms with Gasteiger partial charge >= 0.3 is 0 Å². The molecule has 0 saturated heterocycles. The minimum atomic E-state index is -0.0706. The molecule has 0 bridgehead atoms. The van der Waals surface area contributed by atoms with Gasteiger partial charge in [-0.1, -0.05) is 18.2 Å². The number of nitrogens with zero attached hydrogens (tertiary/aromatic N) is 2. The van der Waals surface area contributed by atoms with Crippen molar-refractivity contribution in [2.24, 2.45) is 0 Å². The van der Waals surface area contributed by atoms with Crippen LogP contribution in [0.2, 0.25) is 0 Å². The molecule has 0 fully saturated rings. The summed E-state index contributed by atoms with van der Waals surface area (Å²) in [6, 6.07) is 7.25. The first-order chi connectivity index (χ1) is 7.81. The fraction of sp³-hybridized carbons (Fsp3) is 0.0909. The molecule has 82 valence electrons. The molecule has 0 spiro atoms. The fourth-order valence-corrected chi connectivity index (χ4v) is 1.52. The highest BCUT2D eigenvalue weighted by molar-refractivity contribution is 9.10. The maximum absolute atomic E-state index is 9.14. The van der Waals surface area contributed by atoms with Crippen molar-refractivity contribution in [1.29, 1.82) is 0 Å². The minimum absolute atomic E-state index is 0.0706. The van der Waals surface area contributed by atoms with E-state index in [0.717, 1.165) is 0 Å². The predicted molar refractivity (Wildman–Crippen MR) is 62.2 cm³/mol. The molecule has 0 amide bonds. The maximum Gasteiger partial charge on any atom is 0.236 e. The Morgan fingerprint density at radius 3 is 2.88 bits per heavy atom. The second-order valence-corrected chi connectivity index (χ2v) is 3.90. The molecule has 0 atom stereocenters. The van der Waals surface area contributed by atoms with Crippen LogP contribution in [0.25, 0.3) is 0 Å². The van der Waals surface area contributed by atoms with E-state index in [1.54, 1.807) is 18.3 Å². The number of halogens is 1. The van der Waals surface area contributed by atoms with Crippen LogP contribution in [0, 0.1) is 0 Å². The lowest BCUT2D eigenvalue weighted by molar-refractivity contribution is 0.276. The molecule has 1 N–H and O–H groups in total. The molecular weight excluding hydrogens is 272 g/mol. The Morgan fingerprint density at radius 2 is 2.12 bits per heavy atom. The third kappa shape index (κ3) is 2.37. The van der Waals surface area contributed by atoms with Crippen molar-refractivity contribution in [1.82, 2.24) is 9.97 Å². The molecule has 2 aromatic rings. The molecular formula is C11H9BrN2O2. The number of hydrogen-bond donors (Lipinski definition) is 1. The second-order valence-electron chi connectivity index (χ2n) is 3.04. The van der Waals surface area contributed by atoms with Crippen LogP contribution in [0.4, 0.5) is 0 Å². The topological polar surface area (TPSA) is 55.2 Å². The van der Waals surface area contributed by atoms with Crippen LogP contribution in [0.3, 0.4) is 0 Å². The lowest BCUT2D eigenvalue weighted by Crippen LogP contribution is -1.94. The van der Waals surface area contributed by atoms with Gasteiger partial charge in [0, 0.05) is 11.8 Å². The molecule has 0 aliphatic rings. The Balaban J connectivity index is 2.30. The molecule has 5 heteroatoms. The first-order valence-electron chi connectivity index (χ1n) is 4.63. The van der Waals surface area contributed by atoms with Gasteiger partial charge in [0.2, 0.25) is 5.88 Å². The molecule has 16 heavy (non-hydrogen) atoms. The highest BCUT2D eigenvalue weighted by Gasteiger charge is 2.07. The van der Waals surface area contributed by atoms with Gasteiger partial charge in [-0.05, 0) is 22.0 Å². The van der Waals surface area contributed by atoms with Gasteiger partial charge in [-0.2, -0.15) is 0 Å². The molecule has 0 unspecified atom stereocenters. The summed E-state index contributed by atoms with van der Waals surface area (Å²) < 4.78 is 6.24. The Hall–Kier alpha value is -1.46. The quantitative estimate of drug-likeness (QED) is 0.939. The Kier molecular flexibility index (Phi) is 3.48. The lowest BCUT2D eigenvalue weighted by atomic mass is 10.2. The van der Waals surface area contributed by atoms with Crippen molar-refractivity contribution in [2.75, 3.05) is 0 Å². The summed E-state index contributed by atoms with van der Waals surface area (Å²) in [7, 11) is 0. The van der Waals surface area contributed by atoms with E-state index >= 15 is 0 Å². The van der Waals surface area contributed by atoms with Gasteiger partial charge in [-0.3, -0.25) is 0 Å². The molecule has 1 aromatic heterocycles. The highest BCUT2D eigenvalue weighted by atomic mass is 79.9. The number of aliphatic hydroxyl groups is 1. The van der Waals surface area contributed by atoms with Crippen LogP contribution in [0.5, 0.6) is 11.6 Å². The normalized spacial score (nSPS) is 10.1. The zero-order valence-corrected chi connectivity index (χ0v) is 9.89. The molecule has 0 aliphatic carbocycles. The van der Waals surface area contributed by atoms with E-state index in [1.807, 2.05) is 12.1 Å². The van der Waals surface area contributed by atoms with E-state index in [1.165, 1.54) is 6.33 Å².